The van der Waals surface area contributed by atoms with E-state index in [9.17, 15) is 0 Å². The number of unbranched alkanes of at least 4 members (excludes halogenated alkanes) is 12. The van der Waals surface area contributed by atoms with E-state index in [1.165, 1.54) is 89.9 Å². The maximum atomic E-state index is 8.57. The van der Waals surface area contributed by atoms with Crippen molar-refractivity contribution < 1.29 is 4.74 Å². The van der Waals surface area contributed by atoms with Gasteiger partial charge in [0.25, 0.3) is 6.26 Å². The van der Waals surface area contributed by atoms with E-state index in [1.54, 1.807) is 6.26 Å². The predicted octanol–water partition coefficient (Wildman–Crippen LogP) is 8.01. The highest BCUT2D eigenvalue weighted by Gasteiger charge is 2.23. The summed E-state index contributed by atoms with van der Waals surface area (Å²) < 4.78 is 4.89. The summed E-state index contributed by atoms with van der Waals surface area (Å²) in [6.45, 7) is 11.6. The molecule has 0 saturated heterocycles. The number of rotatable bonds is 21. The van der Waals surface area contributed by atoms with Crippen LogP contribution in [0.2, 0.25) is 0 Å². The molecule has 0 amide bonds. The molecule has 0 N–H and O–H groups in total. The monoisotopic (exact) mass is 406 g/mol. The number of hydrogen-bond donors (Lipinski definition) is 0. The highest BCUT2D eigenvalue weighted by molar-refractivity contribution is 4.81. The van der Waals surface area contributed by atoms with Gasteiger partial charge in [0, 0.05) is 12.1 Å². The largest absolute Gasteiger partial charge is 0.426 e. The molecule has 0 bridgehead atoms. The van der Waals surface area contributed by atoms with Gasteiger partial charge < -0.3 is 4.74 Å². The van der Waals surface area contributed by atoms with Gasteiger partial charge in [0.2, 0.25) is 0 Å². The molecule has 3 nitrogen and oxygen atoms in total. The Morgan fingerprint density at radius 1 is 0.759 bits per heavy atom. The molecule has 0 aliphatic heterocycles. The standard InChI is InChI=1S/C26H50N2O/c1-5-7-8-9-10-11-12-13-14-15-16-17-18-19-20-21-22-28(23-24-29-25-27)26(3,4)6-2/h13-14H,5-12,15-24H2,1-4H3/b14-13-. The Morgan fingerprint density at radius 3 is 1.79 bits per heavy atom. The summed E-state index contributed by atoms with van der Waals surface area (Å²) >= 11 is 0. The Bertz CT molecular complexity index is 411. The molecule has 0 aliphatic carbocycles. The van der Waals surface area contributed by atoms with E-state index in [1.807, 2.05) is 0 Å². The highest BCUT2D eigenvalue weighted by atomic mass is 16.5. The van der Waals surface area contributed by atoms with Crippen molar-refractivity contribution in [1.82, 2.24) is 4.90 Å². The Kier molecular flexibility index (Phi) is 19.6. The summed E-state index contributed by atoms with van der Waals surface area (Å²) in [5, 5.41) is 8.57. The fourth-order valence-electron chi connectivity index (χ4n) is 3.69. The van der Waals surface area contributed by atoms with E-state index in [4.69, 9.17) is 10.00 Å². The van der Waals surface area contributed by atoms with E-state index in [0.717, 1.165) is 19.5 Å². The third-order valence-corrected chi connectivity index (χ3v) is 6.19. The van der Waals surface area contributed by atoms with Crippen molar-refractivity contribution in [3.8, 4) is 6.26 Å². The van der Waals surface area contributed by atoms with Crippen LogP contribution in [-0.2, 0) is 4.74 Å². The maximum absolute atomic E-state index is 8.57. The quantitative estimate of drug-likeness (QED) is 0.110. The summed E-state index contributed by atoms with van der Waals surface area (Å²) in [4.78, 5) is 2.49. The second-order valence-electron chi connectivity index (χ2n) is 9.03. The van der Waals surface area contributed by atoms with Crippen LogP contribution in [-0.4, -0.2) is 30.1 Å². The summed E-state index contributed by atoms with van der Waals surface area (Å²) in [6, 6.07) is 0. The predicted molar refractivity (Wildman–Crippen MR) is 127 cm³/mol. The van der Waals surface area contributed by atoms with Gasteiger partial charge in [0.1, 0.15) is 6.61 Å². The van der Waals surface area contributed by atoms with Crippen LogP contribution in [0.4, 0.5) is 0 Å². The van der Waals surface area contributed by atoms with Gasteiger partial charge in [0.05, 0.1) is 0 Å². The fraction of sp³-hybridized carbons (Fsp3) is 0.885. The summed E-state index contributed by atoms with van der Waals surface area (Å²) in [6.07, 6.45) is 26.6. The zero-order valence-corrected chi connectivity index (χ0v) is 20.2. The average Bonchev–Trinajstić information content (AvgIpc) is 2.72. The molecule has 0 atom stereocenters. The number of nitrogens with zero attached hydrogens (tertiary/aromatic N) is 2. The molecule has 0 heterocycles. The first-order valence-corrected chi connectivity index (χ1v) is 12.5. The molecule has 0 fully saturated rings. The smallest absolute Gasteiger partial charge is 0.286 e. The van der Waals surface area contributed by atoms with Crippen LogP contribution in [0.15, 0.2) is 12.2 Å². The van der Waals surface area contributed by atoms with E-state index in [2.05, 4.69) is 44.7 Å². The lowest BCUT2D eigenvalue weighted by molar-refractivity contribution is 0.0860. The van der Waals surface area contributed by atoms with Crippen molar-refractivity contribution in [2.75, 3.05) is 19.7 Å². The molecule has 0 aromatic carbocycles. The molecular formula is C26H50N2O. The van der Waals surface area contributed by atoms with Crippen LogP contribution in [0.5, 0.6) is 0 Å². The summed E-state index contributed by atoms with van der Waals surface area (Å²) in [7, 11) is 0. The number of hydrogen-bond acceptors (Lipinski definition) is 3. The van der Waals surface area contributed by atoms with Crippen LogP contribution < -0.4 is 0 Å². The Labute approximate surface area is 182 Å². The first-order chi connectivity index (χ1) is 14.1. The molecule has 0 rings (SSSR count). The molecule has 0 aromatic heterocycles. The minimum atomic E-state index is 0.181. The molecule has 0 aromatic rings. The van der Waals surface area contributed by atoms with Gasteiger partial charge in [-0.1, -0.05) is 83.8 Å². The van der Waals surface area contributed by atoms with Crippen LogP contribution in [0.1, 0.15) is 124 Å². The van der Waals surface area contributed by atoms with Crippen LogP contribution in [0.25, 0.3) is 0 Å². The SMILES string of the molecule is CCCCCCCC/C=C\CCCCCCCCN(CCOC#N)C(C)(C)CC. The van der Waals surface area contributed by atoms with Crippen molar-refractivity contribution in [2.24, 2.45) is 0 Å². The molecule has 29 heavy (non-hydrogen) atoms. The Balaban J connectivity index is 3.58. The number of allylic oxidation sites excluding steroid dienone is 2. The zero-order valence-electron chi connectivity index (χ0n) is 20.2. The summed E-state index contributed by atoms with van der Waals surface area (Å²) in [5.74, 6) is 0. The normalized spacial score (nSPS) is 12.0. The van der Waals surface area contributed by atoms with E-state index in [-0.39, 0.29) is 5.54 Å². The maximum Gasteiger partial charge on any atom is 0.286 e. The number of ether oxygens (including phenoxy) is 1. The summed E-state index contributed by atoms with van der Waals surface area (Å²) in [5.41, 5.74) is 0.181. The van der Waals surface area contributed by atoms with Crippen molar-refractivity contribution in [2.45, 2.75) is 130 Å². The highest BCUT2D eigenvalue weighted by Crippen LogP contribution is 2.19. The van der Waals surface area contributed by atoms with Gasteiger partial charge >= 0.3 is 0 Å². The molecule has 0 saturated carbocycles. The van der Waals surface area contributed by atoms with Gasteiger partial charge in [-0.3, -0.25) is 4.90 Å². The Hall–Kier alpha value is -1.01. The molecule has 0 unspecified atom stereocenters. The van der Waals surface area contributed by atoms with Gasteiger partial charge in [-0.2, -0.15) is 5.26 Å². The van der Waals surface area contributed by atoms with Gasteiger partial charge in [0.15, 0.2) is 0 Å². The third kappa shape index (κ3) is 17.6. The molecule has 0 spiro atoms. The Morgan fingerprint density at radius 2 is 1.28 bits per heavy atom. The minimum Gasteiger partial charge on any atom is -0.426 e. The van der Waals surface area contributed by atoms with Crippen molar-refractivity contribution >= 4 is 0 Å². The van der Waals surface area contributed by atoms with Gasteiger partial charge in [-0.05, 0) is 58.9 Å². The van der Waals surface area contributed by atoms with Crippen molar-refractivity contribution in [3.05, 3.63) is 12.2 Å². The van der Waals surface area contributed by atoms with Gasteiger partial charge in [-0.15, -0.1) is 0 Å². The molecule has 3 heteroatoms. The topological polar surface area (TPSA) is 36.3 Å². The molecule has 0 radical (unpaired) electrons. The molecule has 170 valence electrons. The van der Waals surface area contributed by atoms with E-state index < -0.39 is 0 Å². The lowest BCUT2D eigenvalue weighted by Crippen LogP contribution is -2.45. The lowest BCUT2D eigenvalue weighted by atomic mass is 9.98. The van der Waals surface area contributed by atoms with Crippen molar-refractivity contribution in [1.29, 1.82) is 5.26 Å². The van der Waals surface area contributed by atoms with Gasteiger partial charge in [-0.25, -0.2) is 0 Å². The second-order valence-corrected chi connectivity index (χ2v) is 9.03. The van der Waals surface area contributed by atoms with Crippen LogP contribution in [0.3, 0.4) is 0 Å². The number of nitriles is 1. The third-order valence-electron chi connectivity index (χ3n) is 6.19. The second kappa shape index (κ2) is 20.3. The lowest BCUT2D eigenvalue weighted by Gasteiger charge is -2.37. The van der Waals surface area contributed by atoms with E-state index in [0.29, 0.717) is 6.61 Å². The van der Waals surface area contributed by atoms with Crippen LogP contribution in [0, 0.1) is 11.5 Å². The van der Waals surface area contributed by atoms with Crippen molar-refractivity contribution in [3.63, 3.8) is 0 Å². The van der Waals surface area contributed by atoms with Crippen LogP contribution >= 0.6 is 0 Å². The average molecular weight is 407 g/mol. The minimum absolute atomic E-state index is 0.181. The fourth-order valence-corrected chi connectivity index (χ4v) is 3.69. The zero-order chi connectivity index (χ0) is 21.6. The molecule has 0 aliphatic rings. The first kappa shape index (κ1) is 28.0. The first-order valence-electron chi connectivity index (χ1n) is 12.5. The molecular weight excluding hydrogens is 356 g/mol. The van der Waals surface area contributed by atoms with E-state index >= 15 is 0 Å².